The monoisotopic (exact) mass is 280 g/mol. The third kappa shape index (κ3) is 2.57. The lowest BCUT2D eigenvalue weighted by atomic mass is 9.84. The maximum Gasteiger partial charge on any atom is 0.235 e. The van der Waals surface area contributed by atoms with Crippen LogP contribution in [0.25, 0.3) is 0 Å². The second-order valence-electron chi connectivity index (χ2n) is 5.58. The fraction of sp³-hybridized carbons (Fsp3) is 0.278. The molecule has 21 heavy (non-hydrogen) atoms. The number of anilines is 1. The summed E-state index contributed by atoms with van der Waals surface area (Å²) in [6.07, 6.45) is 0. The molecule has 1 aliphatic rings. The van der Waals surface area contributed by atoms with Crippen LogP contribution in [0.4, 0.5) is 5.69 Å². The number of carbonyl (C=O) groups excluding carboxylic acids is 1. The lowest BCUT2D eigenvalue weighted by Crippen LogP contribution is -2.45. The Morgan fingerprint density at radius 1 is 1.10 bits per heavy atom. The second-order valence-corrected chi connectivity index (χ2v) is 5.58. The van der Waals surface area contributed by atoms with Crippen LogP contribution in [0, 0.1) is 0 Å². The highest BCUT2D eigenvalue weighted by molar-refractivity contribution is 5.98. The van der Waals surface area contributed by atoms with Crippen molar-refractivity contribution in [1.29, 1.82) is 0 Å². The zero-order valence-electron chi connectivity index (χ0n) is 12.4. The molecule has 1 N–H and O–H groups in total. The van der Waals surface area contributed by atoms with Gasteiger partial charge in [-0.05, 0) is 30.2 Å². The van der Waals surface area contributed by atoms with Crippen molar-refractivity contribution in [2.45, 2.75) is 25.4 Å². The quantitative estimate of drug-likeness (QED) is 0.917. The van der Waals surface area contributed by atoms with E-state index in [4.69, 9.17) is 0 Å². The van der Waals surface area contributed by atoms with Crippen molar-refractivity contribution in [3.8, 4) is 0 Å². The van der Waals surface area contributed by atoms with Gasteiger partial charge in [0.05, 0.1) is 5.92 Å². The molecule has 0 aliphatic carbocycles. The largest absolute Gasteiger partial charge is 0.315 e. The number of carbonyl (C=O) groups is 1. The summed E-state index contributed by atoms with van der Waals surface area (Å²) < 4.78 is 0. The van der Waals surface area contributed by atoms with E-state index in [-0.39, 0.29) is 17.9 Å². The van der Waals surface area contributed by atoms with Crippen LogP contribution in [0.1, 0.15) is 24.0 Å². The number of fused-ring (bicyclic) bond motifs is 1. The van der Waals surface area contributed by atoms with E-state index in [1.807, 2.05) is 49.5 Å². The number of nitrogens with one attached hydrogen (secondary N) is 1. The fourth-order valence-electron chi connectivity index (χ4n) is 2.99. The molecule has 0 fully saturated rings. The summed E-state index contributed by atoms with van der Waals surface area (Å²) in [4.78, 5) is 14.7. The SMILES string of the molecule is CC1NCc2ccccc2C1C(=O)N(C)c1ccccc1. The molecule has 3 nitrogen and oxygen atoms in total. The first-order chi connectivity index (χ1) is 10.2. The van der Waals surface area contributed by atoms with Crippen molar-refractivity contribution in [3.05, 3.63) is 65.7 Å². The van der Waals surface area contributed by atoms with Gasteiger partial charge >= 0.3 is 0 Å². The highest BCUT2D eigenvalue weighted by Crippen LogP contribution is 2.30. The van der Waals surface area contributed by atoms with E-state index in [1.165, 1.54) is 5.56 Å². The van der Waals surface area contributed by atoms with Crippen molar-refractivity contribution in [2.75, 3.05) is 11.9 Å². The Balaban J connectivity index is 1.94. The zero-order valence-corrected chi connectivity index (χ0v) is 12.4. The number of amides is 1. The molecule has 3 heteroatoms. The molecule has 3 rings (SSSR count). The molecule has 2 atom stereocenters. The molecule has 0 bridgehead atoms. The average molecular weight is 280 g/mol. The predicted octanol–water partition coefficient (Wildman–Crippen LogP) is 2.92. The van der Waals surface area contributed by atoms with E-state index in [0.29, 0.717) is 0 Å². The van der Waals surface area contributed by atoms with E-state index in [2.05, 4.69) is 24.4 Å². The number of rotatable bonds is 2. The predicted molar refractivity (Wildman–Crippen MR) is 85.3 cm³/mol. The normalized spacial score (nSPS) is 20.7. The number of nitrogens with zero attached hydrogens (tertiary/aromatic N) is 1. The lowest BCUT2D eigenvalue weighted by molar-refractivity contribution is -0.120. The minimum atomic E-state index is -0.139. The summed E-state index contributed by atoms with van der Waals surface area (Å²) in [7, 11) is 1.85. The molecule has 0 saturated carbocycles. The van der Waals surface area contributed by atoms with E-state index < -0.39 is 0 Å². The Kier molecular flexibility index (Phi) is 3.76. The van der Waals surface area contributed by atoms with Crippen LogP contribution < -0.4 is 10.2 Å². The van der Waals surface area contributed by atoms with E-state index in [0.717, 1.165) is 17.8 Å². The summed E-state index contributed by atoms with van der Waals surface area (Å²) in [5.41, 5.74) is 3.30. The molecular formula is C18H20N2O. The number of benzene rings is 2. The standard InChI is InChI=1S/C18H20N2O/c1-13-17(16-11-7-6-8-14(16)12-19-13)18(21)20(2)15-9-4-3-5-10-15/h3-11,13,17,19H,12H2,1-2H3. The molecule has 2 unspecified atom stereocenters. The van der Waals surface area contributed by atoms with Gasteiger partial charge in [0.2, 0.25) is 5.91 Å². The average Bonchev–Trinajstić information content (AvgIpc) is 2.54. The number of para-hydroxylation sites is 1. The molecule has 1 amide bonds. The Morgan fingerprint density at radius 3 is 2.52 bits per heavy atom. The van der Waals surface area contributed by atoms with Gasteiger partial charge in [0.25, 0.3) is 0 Å². The van der Waals surface area contributed by atoms with Crippen molar-refractivity contribution >= 4 is 11.6 Å². The van der Waals surface area contributed by atoms with Crippen LogP contribution in [0.3, 0.4) is 0 Å². The van der Waals surface area contributed by atoms with Crippen molar-refractivity contribution in [1.82, 2.24) is 5.32 Å². The minimum Gasteiger partial charge on any atom is -0.315 e. The van der Waals surface area contributed by atoms with Crippen molar-refractivity contribution in [2.24, 2.45) is 0 Å². The fourth-order valence-corrected chi connectivity index (χ4v) is 2.99. The van der Waals surface area contributed by atoms with Gasteiger partial charge in [-0.25, -0.2) is 0 Å². The molecule has 2 aromatic rings. The van der Waals surface area contributed by atoms with Gasteiger partial charge in [0.15, 0.2) is 0 Å². The number of likely N-dealkylation sites (N-methyl/N-ethyl adjacent to an activating group) is 1. The van der Waals surface area contributed by atoms with Gasteiger partial charge in [-0.1, -0.05) is 42.5 Å². The zero-order chi connectivity index (χ0) is 14.8. The highest BCUT2D eigenvalue weighted by atomic mass is 16.2. The van der Waals surface area contributed by atoms with Crippen molar-refractivity contribution in [3.63, 3.8) is 0 Å². The number of hydrogen-bond acceptors (Lipinski definition) is 2. The first kappa shape index (κ1) is 13.8. The van der Waals surface area contributed by atoms with Crippen LogP contribution in [0.5, 0.6) is 0 Å². The third-order valence-electron chi connectivity index (χ3n) is 4.24. The van der Waals surface area contributed by atoms with Crippen LogP contribution in [-0.4, -0.2) is 19.0 Å². The topological polar surface area (TPSA) is 32.3 Å². The minimum absolute atomic E-state index is 0.133. The van der Waals surface area contributed by atoms with Crippen molar-refractivity contribution < 1.29 is 4.79 Å². The smallest absolute Gasteiger partial charge is 0.235 e. The molecule has 0 aromatic heterocycles. The molecule has 0 spiro atoms. The summed E-state index contributed by atoms with van der Waals surface area (Å²) in [6.45, 7) is 2.91. The highest BCUT2D eigenvalue weighted by Gasteiger charge is 2.33. The molecule has 2 aromatic carbocycles. The van der Waals surface area contributed by atoms with E-state index in [9.17, 15) is 4.79 Å². The summed E-state index contributed by atoms with van der Waals surface area (Å²) >= 11 is 0. The second kappa shape index (κ2) is 5.70. The van der Waals surface area contributed by atoms with Gasteiger partial charge in [-0.15, -0.1) is 0 Å². The summed E-state index contributed by atoms with van der Waals surface area (Å²) in [5, 5.41) is 3.43. The van der Waals surface area contributed by atoms with Gasteiger partial charge in [-0.2, -0.15) is 0 Å². The Hall–Kier alpha value is -2.13. The summed E-state index contributed by atoms with van der Waals surface area (Å²) in [5.74, 6) is -0.00601. The number of hydrogen-bond donors (Lipinski definition) is 1. The molecule has 108 valence electrons. The first-order valence-corrected chi connectivity index (χ1v) is 7.32. The summed E-state index contributed by atoms with van der Waals surface area (Å²) in [6, 6.07) is 18.1. The third-order valence-corrected chi connectivity index (χ3v) is 4.24. The first-order valence-electron chi connectivity index (χ1n) is 7.32. The molecule has 0 saturated heterocycles. The van der Waals surface area contributed by atoms with Gasteiger partial charge in [0.1, 0.15) is 0 Å². The van der Waals surface area contributed by atoms with Gasteiger partial charge < -0.3 is 10.2 Å². The maximum atomic E-state index is 13.0. The Morgan fingerprint density at radius 2 is 1.76 bits per heavy atom. The molecular weight excluding hydrogens is 260 g/mol. The van der Waals surface area contributed by atoms with Gasteiger partial charge in [0, 0.05) is 25.3 Å². The van der Waals surface area contributed by atoms with Crippen LogP contribution >= 0.6 is 0 Å². The Labute approximate surface area is 125 Å². The van der Waals surface area contributed by atoms with Crippen LogP contribution in [0.15, 0.2) is 54.6 Å². The van der Waals surface area contributed by atoms with Crippen LogP contribution in [-0.2, 0) is 11.3 Å². The van der Waals surface area contributed by atoms with Gasteiger partial charge in [-0.3, -0.25) is 4.79 Å². The van der Waals surface area contributed by atoms with Crippen LogP contribution in [0.2, 0.25) is 0 Å². The van der Waals surface area contributed by atoms with E-state index in [1.54, 1.807) is 4.90 Å². The Bertz CT molecular complexity index is 639. The van der Waals surface area contributed by atoms with E-state index >= 15 is 0 Å². The lowest BCUT2D eigenvalue weighted by Gasteiger charge is -2.34. The maximum absolute atomic E-state index is 13.0. The molecule has 1 aliphatic heterocycles. The molecule has 0 radical (unpaired) electrons. The molecule has 1 heterocycles.